The van der Waals surface area contributed by atoms with Crippen LogP contribution in [0.3, 0.4) is 0 Å². The number of phenols is 1. The summed E-state index contributed by atoms with van der Waals surface area (Å²) in [7, 11) is 0. The lowest BCUT2D eigenvalue weighted by atomic mass is 10.0. The van der Waals surface area contributed by atoms with E-state index >= 15 is 0 Å². The van der Waals surface area contributed by atoms with Gasteiger partial charge in [-0.05, 0) is 12.8 Å². The molecule has 0 saturated heterocycles. The number of halogens is 1. The summed E-state index contributed by atoms with van der Waals surface area (Å²) < 4.78 is 11.0. The Labute approximate surface area is 108 Å². The van der Waals surface area contributed by atoms with Crippen LogP contribution in [0.2, 0.25) is 5.02 Å². The van der Waals surface area contributed by atoms with Crippen molar-refractivity contribution in [2.45, 2.75) is 18.4 Å². The topological polar surface area (TPSA) is 68.1 Å². The number of isocyanates is 1. The van der Waals surface area contributed by atoms with Gasteiger partial charge in [0.15, 0.2) is 11.5 Å². The lowest BCUT2D eigenvalue weighted by molar-refractivity contribution is 0.168. The summed E-state index contributed by atoms with van der Waals surface area (Å²) in [5.41, 5.74) is -0.310. The van der Waals surface area contributed by atoms with Crippen LogP contribution < -0.4 is 9.47 Å². The second kappa shape index (κ2) is 3.90. The van der Waals surface area contributed by atoms with E-state index in [1.807, 2.05) is 0 Å². The number of benzene rings is 1. The van der Waals surface area contributed by atoms with Crippen molar-refractivity contribution < 1.29 is 19.4 Å². The normalized spacial score (nSPS) is 18.9. The molecule has 0 aromatic heterocycles. The Hall–Kier alpha value is -1.71. The third kappa shape index (κ3) is 1.55. The monoisotopic (exact) mass is 267 g/mol. The maximum atomic E-state index is 10.5. The van der Waals surface area contributed by atoms with Crippen LogP contribution in [0.15, 0.2) is 11.1 Å². The largest absolute Gasteiger partial charge is 0.506 e. The zero-order valence-electron chi connectivity index (χ0n) is 9.40. The number of phenolic OH excluding ortho intramolecular Hbond substituents is 1. The van der Waals surface area contributed by atoms with Crippen LogP contribution in [0.25, 0.3) is 0 Å². The molecule has 1 aliphatic heterocycles. The van der Waals surface area contributed by atoms with Crippen molar-refractivity contribution in [3.63, 3.8) is 0 Å². The van der Waals surface area contributed by atoms with Crippen molar-refractivity contribution in [1.29, 1.82) is 0 Å². The first kappa shape index (κ1) is 11.4. The van der Waals surface area contributed by atoms with Crippen molar-refractivity contribution in [2.75, 3.05) is 13.2 Å². The molecule has 3 rings (SSSR count). The molecule has 5 nitrogen and oxygen atoms in total. The van der Waals surface area contributed by atoms with E-state index in [2.05, 4.69) is 4.99 Å². The van der Waals surface area contributed by atoms with E-state index in [-0.39, 0.29) is 10.8 Å². The zero-order valence-corrected chi connectivity index (χ0v) is 10.2. The molecule has 0 unspecified atom stereocenters. The SMILES string of the molecule is O=C=NC1(c2c(O)c(Cl)cc3c2OCCO3)CC1. The summed E-state index contributed by atoms with van der Waals surface area (Å²) in [6, 6.07) is 1.51. The molecule has 0 amide bonds. The number of rotatable bonds is 2. The second-order valence-electron chi connectivity index (χ2n) is 4.34. The number of aromatic hydroxyl groups is 1. The maximum absolute atomic E-state index is 10.5. The molecular weight excluding hydrogens is 258 g/mol. The molecule has 2 aliphatic rings. The Kier molecular flexibility index (Phi) is 2.47. The van der Waals surface area contributed by atoms with Gasteiger partial charge in [-0.1, -0.05) is 11.6 Å². The van der Waals surface area contributed by atoms with Gasteiger partial charge in [-0.15, -0.1) is 0 Å². The molecular formula is C12H10ClNO4. The average molecular weight is 268 g/mol. The summed E-state index contributed by atoms with van der Waals surface area (Å²) >= 11 is 5.96. The molecule has 1 aromatic carbocycles. The Balaban J connectivity index is 2.24. The third-order valence-corrected chi connectivity index (χ3v) is 3.50. The molecule has 0 spiro atoms. The average Bonchev–Trinajstić information content (AvgIpc) is 3.12. The number of aliphatic imine (C=N–C) groups is 1. The number of carbonyl (C=O) groups excluding carboxylic acids is 1. The van der Waals surface area contributed by atoms with Gasteiger partial charge in [0.25, 0.3) is 0 Å². The van der Waals surface area contributed by atoms with Crippen molar-refractivity contribution >= 4 is 17.7 Å². The number of nitrogens with zero attached hydrogens (tertiary/aromatic N) is 1. The molecule has 1 saturated carbocycles. The molecule has 0 atom stereocenters. The molecule has 0 bridgehead atoms. The second-order valence-corrected chi connectivity index (χ2v) is 4.75. The Morgan fingerprint density at radius 1 is 1.39 bits per heavy atom. The molecule has 18 heavy (non-hydrogen) atoms. The van der Waals surface area contributed by atoms with E-state index in [0.717, 1.165) is 0 Å². The lowest BCUT2D eigenvalue weighted by Crippen LogP contribution is -2.18. The summed E-state index contributed by atoms with van der Waals surface area (Å²) in [5.74, 6) is 0.809. The summed E-state index contributed by atoms with van der Waals surface area (Å²) in [6.45, 7) is 0.819. The first-order valence-corrected chi connectivity index (χ1v) is 5.96. The van der Waals surface area contributed by atoms with Gasteiger partial charge in [0.1, 0.15) is 24.5 Å². The van der Waals surface area contributed by atoms with Crippen LogP contribution in [0.1, 0.15) is 18.4 Å². The van der Waals surface area contributed by atoms with Crippen molar-refractivity contribution in [2.24, 2.45) is 4.99 Å². The van der Waals surface area contributed by atoms with E-state index in [1.165, 1.54) is 6.07 Å². The molecule has 1 heterocycles. The van der Waals surface area contributed by atoms with Gasteiger partial charge in [0.05, 0.1) is 10.6 Å². The fraction of sp³-hybridized carbons (Fsp3) is 0.417. The first-order chi connectivity index (χ1) is 8.68. The minimum atomic E-state index is -0.748. The fourth-order valence-electron chi connectivity index (χ4n) is 2.20. The highest BCUT2D eigenvalue weighted by molar-refractivity contribution is 6.32. The van der Waals surface area contributed by atoms with Gasteiger partial charge in [0, 0.05) is 6.07 Å². The molecule has 1 aromatic rings. The minimum absolute atomic E-state index is 0.0996. The summed E-state index contributed by atoms with van der Waals surface area (Å²) in [6.07, 6.45) is 2.86. The Morgan fingerprint density at radius 3 is 2.78 bits per heavy atom. The highest BCUT2D eigenvalue weighted by atomic mass is 35.5. The smallest absolute Gasteiger partial charge is 0.235 e. The van der Waals surface area contributed by atoms with Crippen LogP contribution in [0, 0.1) is 0 Å². The van der Waals surface area contributed by atoms with Gasteiger partial charge in [-0.3, -0.25) is 0 Å². The van der Waals surface area contributed by atoms with Gasteiger partial charge >= 0.3 is 0 Å². The molecule has 6 heteroatoms. The third-order valence-electron chi connectivity index (χ3n) is 3.21. The van der Waals surface area contributed by atoms with Crippen molar-refractivity contribution in [3.8, 4) is 17.2 Å². The van der Waals surface area contributed by atoms with Crippen LogP contribution in [0.5, 0.6) is 17.2 Å². The van der Waals surface area contributed by atoms with Gasteiger partial charge in [-0.2, -0.15) is 4.99 Å². The van der Waals surface area contributed by atoms with Gasteiger partial charge < -0.3 is 14.6 Å². The standard InChI is InChI=1S/C12H10ClNO4/c13-7-5-8-11(18-4-3-17-8)9(10(7)16)12(1-2-12)14-6-15/h5,16H,1-4H2. The van der Waals surface area contributed by atoms with E-state index in [4.69, 9.17) is 21.1 Å². The molecule has 0 radical (unpaired) electrons. The highest BCUT2D eigenvalue weighted by Crippen LogP contribution is 2.59. The number of hydrogen-bond donors (Lipinski definition) is 1. The van der Waals surface area contributed by atoms with Crippen LogP contribution in [-0.4, -0.2) is 24.4 Å². The predicted molar refractivity (Wildman–Crippen MR) is 63.1 cm³/mol. The summed E-state index contributed by atoms with van der Waals surface area (Å²) in [4.78, 5) is 14.3. The Morgan fingerprint density at radius 2 is 2.11 bits per heavy atom. The first-order valence-electron chi connectivity index (χ1n) is 5.58. The molecule has 1 fully saturated rings. The quantitative estimate of drug-likeness (QED) is 0.658. The van der Waals surface area contributed by atoms with Gasteiger partial charge in [0.2, 0.25) is 6.08 Å². The number of ether oxygens (including phenoxy) is 2. The van der Waals surface area contributed by atoms with E-state index in [9.17, 15) is 9.90 Å². The highest BCUT2D eigenvalue weighted by Gasteiger charge is 2.50. The Bertz CT molecular complexity index is 562. The van der Waals surface area contributed by atoms with Crippen LogP contribution >= 0.6 is 11.6 Å². The predicted octanol–water partition coefficient (Wildman–Crippen LogP) is 2.14. The lowest BCUT2D eigenvalue weighted by Gasteiger charge is -2.24. The number of hydrogen-bond acceptors (Lipinski definition) is 5. The summed E-state index contributed by atoms with van der Waals surface area (Å²) in [5, 5.41) is 10.3. The zero-order chi connectivity index (χ0) is 12.8. The molecule has 94 valence electrons. The number of fused-ring (bicyclic) bond motifs is 1. The van der Waals surface area contributed by atoms with E-state index < -0.39 is 5.54 Å². The van der Waals surface area contributed by atoms with E-state index in [1.54, 1.807) is 6.08 Å². The molecule has 1 aliphatic carbocycles. The van der Waals surface area contributed by atoms with Crippen LogP contribution in [0.4, 0.5) is 0 Å². The molecule has 1 N–H and O–H groups in total. The minimum Gasteiger partial charge on any atom is -0.506 e. The van der Waals surface area contributed by atoms with Crippen LogP contribution in [-0.2, 0) is 10.3 Å². The van der Waals surface area contributed by atoms with E-state index in [0.29, 0.717) is 43.1 Å². The maximum Gasteiger partial charge on any atom is 0.235 e. The van der Waals surface area contributed by atoms with Crippen molar-refractivity contribution in [3.05, 3.63) is 16.7 Å². The van der Waals surface area contributed by atoms with Gasteiger partial charge in [-0.25, -0.2) is 4.79 Å². The van der Waals surface area contributed by atoms with Crippen molar-refractivity contribution in [1.82, 2.24) is 0 Å². The fourth-order valence-corrected chi connectivity index (χ4v) is 2.39.